The molecule has 4 heteroatoms. The van der Waals surface area contributed by atoms with Crippen molar-refractivity contribution in [2.45, 2.75) is 44.4 Å². The zero-order valence-electron chi connectivity index (χ0n) is 11.6. The lowest BCUT2D eigenvalue weighted by Gasteiger charge is -2.44. The van der Waals surface area contributed by atoms with Gasteiger partial charge in [0.2, 0.25) is 0 Å². The van der Waals surface area contributed by atoms with Crippen LogP contribution in [0.15, 0.2) is 30.3 Å². The molecule has 108 valence electrons. The van der Waals surface area contributed by atoms with Crippen LogP contribution >= 0.6 is 0 Å². The normalized spacial score (nSPS) is 29.1. The number of carbonyl (C=O) groups is 1. The number of hydrogen-bond donors (Lipinski definition) is 1. The van der Waals surface area contributed by atoms with Crippen molar-refractivity contribution in [1.82, 2.24) is 4.90 Å². The minimum atomic E-state index is -0.393. The molecule has 0 spiro atoms. The van der Waals surface area contributed by atoms with E-state index in [4.69, 9.17) is 4.74 Å². The third kappa shape index (κ3) is 2.80. The van der Waals surface area contributed by atoms with Crippen molar-refractivity contribution in [3.05, 3.63) is 35.9 Å². The van der Waals surface area contributed by atoms with Crippen LogP contribution in [0.3, 0.4) is 0 Å². The molecule has 20 heavy (non-hydrogen) atoms. The highest BCUT2D eigenvalue weighted by Gasteiger charge is 2.40. The Hall–Kier alpha value is -1.55. The molecule has 1 aromatic rings. The standard InChI is InChI=1S/C16H21NO3/c18-15-7-6-12-8-9-17(14(15)10-12)16(19)20-11-13-4-2-1-3-5-13/h1-5,12,14-15,18H,6-11H2/t12-,14-,15+/m0/s1. The zero-order valence-corrected chi connectivity index (χ0v) is 11.6. The molecule has 3 rings (SSSR count). The molecular formula is C16H21NO3. The van der Waals surface area contributed by atoms with Crippen LogP contribution < -0.4 is 0 Å². The Kier molecular flexibility index (Phi) is 3.92. The van der Waals surface area contributed by atoms with Crippen molar-refractivity contribution < 1.29 is 14.6 Å². The van der Waals surface area contributed by atoms with E-state index in [1.165, 1.54) is 0 Å². The molecule has 4 nitrogen and oxygen atoms in total. The molecular weight excluding hydrogens is 254 g/mol. The molecule has 1 amide bonds. The average Bonchev–Trinajstić information content (AvgIpc) is 2.50. The van der Waals surface area contributed by atoms with E-state index in [9.17, 15) is 9.90 Å². The Balaban J connectivity index is 1.59. The highest BCUT2D eigenvalue weighted by atomic mass is 16.6. The van der Waals surface area contributed by atoms with Gasteiger partial charge in [-0.05, 0) is 37.2 Å². The number of carbonyl (C=O) groups excluding carboxylic acids is 1. The minimum absolute atomic E-state index is 0.0502. The number of amides is 1. The summed E-state index contributed by atoms with van der Waals surface area (Å²) in [5, 5.41) is 10.1. The lowest BCUT2D eigenvalue weighted by atomic mass is 9.78. The second-order valence-electron chi connectivity index (χ2n) is 5.84. The average molecular weight is 275 g/mol. The molecule has 2 fully saturated rings. The topological polar surface area (TPSA) is 49.8 Å². The highest BCUT2D eigenvalue weighted by molar-refractivity contribution is 5.68. The van der Waals surface area contributed by atoms with Crippen LogP contribution in [-0.2, 0) is 11.3 Å². The second-order valence-corrected chi connectivity index (χ2v) is 5.84. The van der Waals surface area contributed by atoms with Crippen molar-refractivity contribution in [1.29, 1.82) is 0 Å². The maximum Gasteiger partial charge on any atom is 0.410 e. The van der Waals surface area contributed by atoms with Crippen LogP contribution in [0, 0.1) is 5.92 Å². The summed E-state index contributed by atoms with van der Waals surface area (Å²) in [4.78, 5) is 13.9. The third-order valence-corrected chi connectivity index (χ3v) is 4.51. The molecule has 0 aromatic heterocycles. The molecule has 0 radical (unpaired) electrons. The summed E-state index contributed by atoms with van der Waals surface area (Å²) in [6.07, 6.45) is 3.15. The first-order valence-corrected chi connectivity index (χ1v) is 7.39. The zero-order chi connectivity index (χ0) is 13.9. The van der Waals surface area contributed by atoms with E-state index < -0.39 is 6.10 Å². The summed E-state index contributed by atoms with van der Waals surface area (Å²) in [6, 6.07) is 9.63. The predicted molar refractivity (Wildman–Crippen MR) is 75.1 cm³/mol. The molecule has 0 unspecified atom stereocenters. The van der Waals surface area contributed by atoms with E-state index in [0.717, 1.165) is 31.2 Å². The smallest absolute Gasteiger partial charge is 0.410 e. The molecule has 1 heterocycles. The summed E-state index contributed by atoms with van der Waals surface area (Å²) >= 11 is 0. The fourth-order valence-electron chi connectivity index (χ4n) is 3.33. The van der Waals surface area contributed by atoms with Crippen LogP contribution in [0.25, 0.3) is 0 Å². The molecule has 1 saturated carbocycles. The molecule has 1 N–H and O–H groups in total. The minimum Gasteiger partial charge on any atom is -0.445 e. The summed E-state index contributed by atoms with van der Waals surface area (Å²) < 4.78 is 5.38. The number of benzene rings is 1. The first-order chi connectivity index (χ1) is 9.74. The van der Waals surface area contributed by atoms with Gasteiger partial charge in [0, 0.05) is 6.54 Å². The number of ether oxygens (including phenoxy) is 1. The molecule has 1 aliphatic carbocycles. The van der Waals surface area contributed by atoms with Crippen molar-refractivity contribution in [2.24, 2.45) is 5.92 Å². The number of likely N-dealkylation sites (tertiary alicyclic amines) is 1. The van der Waals surface area contributed by atoms with Crippen LogP contribution in [0.1, 0.15) is 31.2 Å². The Morgan fingerprint density at radius 2 is 2.05 bits per heavy atom. The van der Waals surface area contributed by atoms with Crippen molar-refractivity contribution in [3.8, 4) is 0 Å². The van der Waals surface area contributed by atoms with Gasteiger partial charge in [-0.3, -0.25) is 0 Å². The van der Waals surface area contributed by atoms with Gasteiger partial charge >= 0.3 is 6.09 Å². The largest absolute Gasteiger partial charge is 0.445 e. The van der Waals surface area contributed by atoms with Crippen molar-refractivity contribution in [2.75, 3.05) is 6.54 Å². The lowest BCUT2D eigenvalue weighted by molar-refractivity contribution is -0.0271. The number of aliphatic hydroxyl groups excluding tert-OH is 1. The maximum absolute atomic E-state index is 12.2. The van der Waals surface area contributed by atoms with E-state index >= 15 is 0 Å². The number of rotatable bonds is 2. The van der Waals surface area contributed by atoms with Gasteiger partial charge in [0.15, 0.2) is 0 Å². The quantitative estimate of drug-likeness (QED) is 0.902. The van der Waals surface area contributed by atoms with Gasteiger partial charge in [0.1, 0.15) is 6.61 Å². The molecule has 1 saturated heterocycles. The van der Waals surface area contributed by atoms with Gasteiger partial charge in [-0.1, -0.05) is 30.3 Å². The van der Waals surface area contributed by atoms with E-state index in [0.29, 0.717) is 19.1 Å². The Morgan fingerprint density at radius 3 is 2.85 bits per heavy atom. The van der Waals surface area contributed by atoms with Gasteiger partial charge in [0.05, 0.1) is 12.1 Å². The van der Waals surface area contributed by atoms with Gasteiger partial charge in [0.25, 0.3) is 0 Å². The Bertz CT molecular complexity index is 462. The molecule has 1 aliphatic heterocycles. The fourth-order valence-corrected chi connectivity index (χ4v) is 3.33. The number of fused-ring (bicyclic) bond motifs is 2. The van der Waals surface area contributed by atoms with Crippen molar-refractivity contribution in [3.63, 3.8) is 0 Å². The highest BCUT2D eigenvalue weighted by Crippen LogP contribution is 2.35. The number of piperidine rings is 1. The number of aliphatic hydroxyl groups is 1. The number of nitrogens with zero attached hydrogens (tertiary/aromatic N) is 1. The predicted octanol–water partition coefficient (Wildman–Crippen LogP) is 2.56. The van der Waals surface area contributed by atoms with E-state index in [1.54, 1.807) is 4.90 Å². The lowest BCUT2D eigenvalue weighted by Crippen LogP contribution is -2.54. The maximum atomic E-state index is 12.2. The Labute approximate surface area is 119 Å². The monoisotopic (exact) mass is 275 g/mol. The van der Waals surface area contributed by atoms with Gasteiger partial charge in [-0.2, -0.15) is 0 Å². The van der Waals surface area contributed by atoms with Crippen LogP contribution in [0.2, 0.25) is 0 Å². The van der Waals surface area contributed by atoms with Gasteiger partial charge < -0.3 is 14.7 Å². The van der Waals surface area contributed by atoms with Crippen LogP contribution in [0.5, 0.6) is 0 Å². The molecule has 3 atom stereocenters. The van der Waals surface area contributed by atoms with E-state index in [2.05, 4.69) is 0 Å². The van der Waals surface area contributed by atoms with Crippen molar-refractivity contribution >= 4 is 6.09 Å². The van der Waals surface area contributed by atoms with E-state index in [1.807, 2.05) is 30.3 Å². The fraction of sp³-hybridized carbons (Fsp3) is 0.562. The SMILES string of the molecule is O=C(OCc1ccccc1)N1CC[C@@H]2CC[C@@H](O)[C@@H]1C2. The molecule has 2 aliphatic rings. The molecule has 1 aromatic carbocycles. The second kappa shape index (κ2) is 5.83. The first-order valence-electron chi connectivity index (χ1n) is 7.39. The molecule has 2 bridgehead atoms. The van der Waals surface area contributed by atoms with E-state index in [-0.39, 0.29) is 12.1 Å². The first kappa shape index (κ1) is 13.4. The van der Waals surface area contributed by atoms with Gasteiger partial charge in [-0.25, -0.2) is 4.79 Å². The summed E-state index contributed by atoms with van der Waals surface area (Å²) in [5.74, 6) is 0.668. The van der Waals surface area contributed by atoms with Crippen LogP contribution in [0.4, 0.5) is 4.79 Å². The summed E-state index contributed by atoms with van der Waals surface area (Å²) in [5.41, 5.74) is 0.986. The Morgan fingerprint density at radius 1 is 1.25 bits per heavy atom. The summed E-state index contributed by atoms with van der Waals surface area (Å²) in [7, 11) is 0. The van der Waals surface area contributed by atoms with Crippen LogP contribution in [-0.4, -0.2) is 34.8 Å². The number of hydrogen-bond acceptors (Lipinski definition) is 3. The van der Waals surface area contributed by atoms with Gasteiger partial charge in [-0.15, -0.1) is 0 Å². The summed E-state index contributed by atoms with van der Waals surface area (Å²) in [6.45, 7) is 1.00. The third-order valence-electron chi connectivity index (χ3n) is 4.51.